The molecule has 5 nitrogen and oxygen atoms in total. The molecule has 1 heterocycles. The Hall–Kier alpha value is -2.94. The van der Waals surface area contributed by atoms with Crippen LogP contribution in [0.15, 0.2) is 58.2 Å². The predicted octanol–water partition coefficient (Wildman–Crippen LogP) is 4.14. The first kappa shape index (κ1) is 19.8. The monoisotopic (exact) mass is 407 g/mol. The summed E-state index contributed by atoms with van der Waals surface area (Å²) in [6.07, 6.45) is 2.80. The van der Waals surface area contributed by atoms with Crippen LogP contribution in [0.5, 0.6) is 0 Å². The number of thioether (sulfide) groups is 1. The van der Waals surface area contributed by atoms with E-state index in [1.54, 1.807) is 32.3 Å². The molecule has 3 aromatic rings. The van der Waals surface area contributed by atoms with Crippen molar-refractivity contribution in [1.82, 2.24) is 9.13 Å². The number of aromatic nitrogens is 2. The zero-order valence-electron chi connectivity index (χ0n) is 14.9. The number of benzene rings is 2. The summed E-state index contributed by atoms with van der Waals surface area (Å²) in [6, 6.07) is 10.8. The molecule has 0 fully saturated rings. The molecular formula is C19H16F3N3O2S. The molecule has 0 bridgehead atoms. The highest BCUT2D eigenvalue weighted by Crippen LogP contribution is 2.36. The third-order valence-corrected chi connectivity index (χ3v) is 4.82. The van der Waals surface area contributed by atoms with Crippen molar-refractivity contribution in [1.29, 1.82) is 0 Å². The van der Waals surface area contributed by atoms with Gasteiger partial charge in [-0.1, -0.05) is 12.1 Å². The molecule has 0 aliphatic carbocycles. The van der Waals surface area contributed by atoms with Gasteiger partial charge in [-0.2, -0.15) is 13.2 Å². The number of hydrogen-bond donors (Lipinski definition) is 1. The summed E-state index contributed by atoms with van der Waals surface area (Å²) in [7, 11) is 3.32. The van der Waals surface area contributed by atoms with E-state index < -0.39 is 11.4 Å². The predicted molar refractivity (Wildman–Crippen MR) is 104 cm³/mol. The number of fused-ring (bicyclic) bond motifs is 1. The zero-order valence-corrected chi connectivity index (χ0v) is 15.8. The lowest BCUT2D eigenvalue weighted by atomic mass is 10.2. The number of rotatable bonds is 4. The SMILES string of the molecule is Cn1c(=O)n(C)c2cc(NC(=O)/C=C/c3ccc(SC(F)(F)F)cc3)ccc21. The number of halogens is 3. The minimum Gasteiger partial charge on any atom is -0.322 e. The fraction of sp³-hybridized carbons (Fsp3) is 0.158. The molecule has 0 atom stereocenters. The van der Waals surface area contributed by atoms with Crippen LogP contribution in [-0.4, -0.2) is 20.5 Å². The van der Waals surface area contributed by atoms with Crippen LogP contribution < -0.4 is 11.0 Å². The first-order chi connectivity index (χ1) is 13.1. The first-order valence-corrected chi connectivity index (χ1v) is 8.96. The Bertz CT molecular complexity index is 1110. The number of anilines is 1. The highest BCUT2D eigenvalue weighted by atomic mass is 32.2. The molecule has 0 saturated heterocycles. The number of carbonyl (C=O) groups excluding carboxylic acids is 1. The Morgan fingerprint density at radius 3 is 2.32 bits per heavy atom. The van der Waals surface area contributed by atoms with Crippen LogP contribution in [0.2, 0.25) is 0 Å². The fourth-order valence-electron chi connectivity index (χ4n) is 2.72. The Morgan fingerprint density at radius 2 is 1.68 bits per heavy atom. The Balaban J connectivity index is 1.69. The van der Waals surface area contributed by atoms with Gasteiger partial charge in [-0.15, -0.1) is 0 Å². The molecule has 146 valence electrons. The van der Waals surface area contributed by atoms with Gasteiger partial charge in [0.25, 0.3) is 0 Å². The van der Waals surface area contributed by atoms with Crippen LogP contribution in [-0.2, 0) is 18.9 Å². The quantitative estimate of drug-likeness (QED) is 0.522. The van der Waals surface area contributed by atoms with Crippen molar-refractivity contribution < 1.29 is 18.0 Å². The second-order valence-corrected chi connectivity index (χ2v) is 7.18. The fourth-order valence-corrected chi connectivity index (χ4v) is 3.26. The summed E-state index contributed by atoms with van der Waals surface area (Å²) in [5.41, 5.74) is -1.93. The third kappa shape index (κ3) is 4.48. The molecule has 0 spiro atoms. The number of alkyl halides is 3. The van der Waals surface area contributed by atoms with Crippen LogP contribution >= 0.6 is 11.8 Å². The van der Waals surface area contributed by atoms with Gasteiger partial charge in [-0.3, -0.25) is 13.9 Å². The molecule has 1 amide bonds. The normalized spacial score (nSPS) is 12.0. The number of carbonyl (C=O) groups is 1. The Labute approximate surface area is 162 Å². The molecule has 0 saturated carbocycles. The van der Waals surface area contributed by atoms with Gasteiger partial charge in [-0.05, 0) is 53.7 Å². The van der Waals surface area contributed by atoms with E-state index in [0.29, 0.717) is 16.8 Å². The van der Waals surface area contributed by atoms with Gasteiger partial charge in [0, 0.05) is 30.8 Å². The van der Waals surface area contributed by atoms with Crippen molar-refractivity contribution in [2.24, 2.45) is 14.1 Å². The van der Waals surface area contributed by atoms with Gasteiger partial charge < -0.3 is 5.32 Å². The van der Waals surface area contributed by atoms with Gasteiger partial charge >= 0.3 is 11.2 Å². The van der Waals surface area contributed by atoms with Crippen LogP contribution in [0, 0.1) is 0 Å². The third-order valence-electron chi connectivity index (χ3n) is 4.08. The van der Waals surface area contributed by atoms with E-state index in [1.165, 1.54) is 45.6 Å². The van der Waals surface area contributed by atoms with Crippen molar-refractivity contribution in [3.63, 3.8) is 0 Å². The minimum absolute atomic E-state index is 0.0795. The minimum atomic E-state index is -4.33. The van der Waals surface area contributed by atoms with Gasteiger partial charge in [0.2, 0.25) is 5.91 Å². The summed E-state index contributed by atoms with van der Waals surface area (Å²) in [5, 5.41) is 2.70. The number of nitrogens with zero attached hydrogens (tertiary/aromatic N) is 2. The number of nitrogens with one attached hydrogen (secondary N) is 1. The number of hydrogen-bond acceptors (Lipinski definition) is 3. The van der Waals surface area contributed by atoms with Crippen LogP contribution in [0.4, 0.5) is 18.9 Å². The molecule has 3 rings (SSSR count). The van der Waals surface area contributed by atoms with Crippen molar-refractivity contribution >= 4 is 40.5 Å². The van der Waals surface area contributed by atoms with E-state index >= 15 is 0 Å². The van der Waals surface area contributed by atoms with Crippen LogP contribution in [0.3, 0.4) is 0 Å². The van der Waals surface area contributed by atoms with Crippen molar-refractivity contribution in [3.05, 3.63) is 64.6 Å². The molecule has 0 aliphatic heterocycles. The topological polar surface area (TPSA) is 56.0 Å². The lowest BCUT2D eigenvalue weighted by molar-refractivity contribution is -0.111. The van der Waals surface area contributed by atoms with Crippen LogP contribution in [0.1, 0.15) is 5.56 Å². The van der Waals surface area contributed by atoms with E-state index in [9.17, 15) is 22.8 Å². The van der Waals surface area contributed by atoms with E-state index in [0.717, 1.165) is 5.52 Å². The Kier molecular flexibility index (Phi) is 5.37. The van der Waals surface area contributed by atoms with Gasteiger partial charge in [0.1, 0.15) is 0 Å². The van der Waals surface area contributed by atoms with Gasteiger partial charge in [-0.25, -0.2) is 4.79 Å². The summed E-state index contributed by atoms with van der Waals surface area (Å²) >= 11 is -0.189. The summed E-state index contributed by atoms with van der Waals surface area (Å²) in [4.78, 5) is 24.1. The van der Waals surface area contributed by atoms with Crippen molar-refractivity contribution in [3.8, 4) is 0 Å². The highest BCUT2D eigenvalue weighted by Gasteiger charge is 2.28. The maximum atomic E-state index is 12.3. The van der Waals surface area contributed by atoms with E-state index in [-0.39, 0.29) is 22.3 Å². The van der Waals surface area contributed by atoms with Gasteiger partial charge in [0.15, 0.2) is 0 Å². The maximum absolute atomic E-state index is 12.3. The van der Waals surface area contributed by atoms with Crippen LogP contribution in [0.25, 0.3) is 17.1 Å². The lowest BCUT2D eigenvalue weighted by Crippen LogP contribution is -2.19. The molecule has 1 aromatic heterocycles. The average Bonchev–Trinajstić information content (AvgIpc) is 2.84. The molecule has 2 aromatic carbocycles. The standard InChI is InChI=1S/C19H16F3N3O2S/c1-24-15-9-6-13(11-16(15)25(2)18(24)27)23-17(26)10-5-12-3-7-14(8-4-12)28-19(20,21)22/h3-11H,1-2H3,(H,23,26)/b10-5+. The number of aryl methyl sites for hydroxylation is 2. The zero-order chi connectivity index (χ0) is 20.5. The molecule has 28 heavy (non-hydrogen) atoms. The van der Waals surface area contributed by atoms with Crippen molar-refractivity contribution in [2.45, 2.75) is 10.4 Å². The molecular weight excluding hydrogens is 391 g/mol. The maximum Gasteiger partial charge on any atom is 0.446 e. The second kappa shape index (κ2) is 7.59. The van der Waals surface area contributed by atoms with Crippen molar-refractivity contribution in [2.75, 3.05) is 5.32 Å². The summed E-state index contributed by atoms with van der Waals surface area (Å²) in [6.45, 7) is 0. The van der Waals surface area contributed by atoms with E-state index in [1.807, 2.05) is 0 Å². The highest BCUT2D eigenvalue weighted by molar-refractivity contribution is 8.00. The smallest absolute Gasteiger partial charge is 0.322 e. The lowest BCUT2D eigenvalue weighted by Gasteiger charge is -2.05. The molecule has 1 N–H and O–H groups in total. The number of imidazole rings is 1. The average molecular weight is 407 g/mol. The molecule has 0 unspecified atom stereocenters. The Morgan fingerprint density at radius 1 is 1.04 bits per heavy atom. The van der Waals surface area contributed by atoms with Gasteiger partial charge in [0.05, 0.1) is 11.0 Å². The molecule has 0 radical (unpaired) electrons. The second-order valence-electron chi connectivity index (χ2n) is 6.04. The largest absolute Gasteiger partial charge is 0.446 e. The first-order valence-electron chi connectivity index (χ1n) is 8.14. The van der Waals surface area contributed by atoms with E-state index in [4.69, 9.17) is 0 Å². The summed E-state index contributed by atoms with van der Waals surface area (Å²) < 4.78 is 40.0. The van der Waals surface area contributed by atoms with E-state index in [2.05, 4.69) is 5.32 Å². The number of amides is 1. The summed E-state index contributed by atoms with van der Waals surface area (Å²) in [5.74, 6) is -0.394. The molecule has 9 heteroatoms. The molecule has 0 aliphatic rings.